The van der Waals surface area contributed by atoms with Crippen molar-refractivity contribution in [3.05, 3.63) is 52.1 Å². The first-order valence-electron chi connectivity index (χ1n) is 7.59. The third-order valence-corrected chi connectivity index (χ3v) is 5.00. The summed E-state index contributed by atoms with van der Waals surface area (Å²) in [7, 11) is 0. The number of carbonyl (C=O) groups is 3. The summed E-state index contributed by atoms with van der Waals surface area (Å²) in [5, 5.41) is 11.6. The number of hydrogen-bond acceptors (Lipinski definition) is 5. The Morgan fingerprint density at radius 2 is 1.79 bits per heavy atom. The van der Waals surface area contributed by atoms with Gasteiger partial charge >= 0.3 is 0 Å². The van der Waals surface area contributed by atoms with E-state index in [9.17, 15) is 24.5 Å². The lowest BCUT2D eigenvalue weighted by Crippen LogP contribution is -2.47. The maximum absolute atomic E-state index is 12.5. The van der Waals surface area contributed by atoms with Crippen molar-refractivity contribution in [1.29, 1.82) is 0 Å². The molecule has 4 rings (SSSR count). The van der Waals surface area contributed by atoms with Crippen LogP contribution in [0, 0.1) is 33.8 Å². The molecule has 1 saturated heterocycles. The molecule has 0 spiro atoms. The number of non-ortho nitro benzene ring substituents is 1. The molecule has 1 N–H and O–H groups in total. The van der Waals surface area contributed by atoms with E-state index in [0.717, 1.165) is 17.5 Å². The number of nitro groups is 1. The number of imide groups is 1. The minimum atomic E-state index is -0.722. The first-order chi connectivity index (χ1) is 11.5. The van der Waals surface area contributed by atoms with Crippen molar-refractivity contribution in [2.24, 2.45) is 23.7 Å². The second kappa shape index (κ2) is 4.98. The summed E-state index contributed by atoms with van der Waals surface area (Å²) >= 11 is 0. The van der Waals surface area contributed by atoms with E-state index in [1.54, 1.807) is 0 Å². The van der Waals surface area contributed by atoms with E-state index < -0.39 is 34.5 Å². The summed E-state index contributed by atoms with van der Waals surface area (Å²) in [6, 6.07) is 5.13. The number of nitro benzene ring substituents is 1. The molecule has 3 aliphatic rings. The summed E-state index contributed by atoms with van der Waals surface area (Å²) in [6.07, 6.45) is 4.73. The van der Waals surface area contributed by atoms with Gasteiger partial charge in [0.2, 0.25) is 0 Å². The maximum atomic E-state index is 12.5. The molecule has 0 aromatic heterocycles. The van der Waals surface area contributed by atoms with Gasteiger partial charge in [-0.15, -0.1) is 0 Å². The Balaban J connectivity index is 1.55. The Kier molecular flexibility index (Phi) is 3.02. The number of rotatable bonds is 3. The van der Waals surface area contributed by atoms with Crippen molar-refractivity contribution >= 4 is 23.4 Å². The van der Waals surface area contributed by atoms with Crippen molar-refractivity contribution in [2.75, 3.05) is 0 Å². The van der Waals surface area contributed by atoms with Gasteiger partial charge in [0.05, 0.1) is 16.8 Å². The van der Waals surface area contributed by atoms with E-state index in [4.69, 9.17) is 0 Å². The van der Waals surface area contributed by atoms with E-state index in [1.165, 1.54) is 18.2 Å². The first kappa shape index (κ1) is 14.6. The van der Waals surface area contributed by atoms with Crippen LogP contribution in [0.5, 0.6) is 0 Å². The molecule has 0 unspecified atom stereocenters. The van der Waals surface area contributed by atoms with Crippen LogP contribution in [0.2, 0.25) is 0 Å². The minimum absolute atomic E-state index is 0.0166. The summed E-state index contributed by atoms with van der Waals surface area (Å²) in [6.45, 7) is 0. The van der Waals surface area contributed by atoms with Gasteiger partial charge in [0.25, 0.3) is 23.4 Å². The van der Waals surface area contributed by atoms with Crippen molar-refractivity contribution in [2.45, 2.75) is 6.42 Å². The number of benzene rings is 1. The molecule has 1 saturated carbocycles. The fourth-order valence-corrected chi connectivity index (χ4v) is 3.94. The van der Waals surface area contributed by atoms with Crippen LogP contribution in [0.1, 0.15) is 16.8 Å². The number of hydrazine groups is 1. The molecule has 24 heavy (non-hydrogen) atoms. The van der Waals surface area contributed by atoms with Crippen molar-refractivity contribution < 1.29 is 19.3 Å². The number of nitrogens with zero attached hydrogens (tertiary/aromatic N) is 2. The molecule has 1 aromatic carbocycles. The van der Waals surface area contributed by atoms with E-state index in [0.29, 0.717) is 0 Å². The highest BCUT2D eigenvalue weighted by Crippen LogP contribution is 2.52. The molecule has 2 fully saturated rings. The summed E-state index contributed by atoms with van der Waals surface area (Å²) in [5.74, 6) is -2.23. The SMILES string of the molecule is O=C(NN1C(=O)[C@@H]2[C@H](C1=O)[C@H]1C=C[C@@H]2C1)c1cccc([N+](=O)[O-])c1. The van der Waals surface area contributed by atoms with Crippen LogP contribution < -0.4 is 5.43 Å². The highest BCUT2D eigenvalue weighted by Gasteiger charge is 2.59. The van der Waals surface area contributed by atoms with Crippen LogP contribution in [0.25, 0.3) is 0 Å². The largest absolute Gasteiger partial charge is 0.272 e. The topological polar surface area (TPSA) is 110 Å². The van der Waals surface area contributed by atoms with Gasteiger partial charge in [-0.25, -0.2) is 0 Å². The number of nitrogens with one attached hydrogen (secondary N) is 1. The van der Waals surface area contributed by atoms with Crippen LogP contribution in [0.15, 0.2) is 36.4 Å². The maximum Gasteiger partial charge on any atom is 0.270 e. The van der Waals surface area contributed by atoms with Gasteiger partial charge in [0, 0.05) is 17.7 Å². The molecule has 122 valence electrons. The third-order valence-electron chi connectivity index (χ3n) is 5.00. The van der Waals surface area contributed by atoms with Gasteiger partial charge < -0.3 is 0 Å². The highest BCUT2D eigenvalue weighted by molar-refractivity contribution is 6.08. The lowest BCUT2D eigenvalue weighted by molar-refractivity contribution is -0.384. The molecule has 1 aromatic rings. The van der Waals surface area contributed by atoms with Gasteiger partial charge in [-0.1, -0.05) is 18.2 Å². The molecule has 1 aliphatic heterocycles. The normalized spacial score (nSPS) is 29.9. The quantitative estimate of drug-likeness (QED) is 0.386. The number of fused-ring (bicyclic) bond motifs is 5. The zero-order valence-corrected chi connectivity index (χ0v) is 12.4. The van der Waals surface area contributed by atoms with Gasteiger partial charge in [-0.05, 0) is 24.3 Å². The molecule has 8 heteroatoms. The van der Waals surface area contributed by atoms with E-state index >= 15 is 0 Å². The predicted octanol–water partition coefficient (Wildman–Crippen LogP) is 1.05. The zero-order chi connectivity index (χ0) is 17.0. The third kappa shape index (κ3) is 1.96. The summed E-state index contributed by atoms with van der Waals surface area (Å²) in [4.78, 5) is 47.4. The Bertz CT molecular complexity index is 788. The minimum Gasteiger partial charge on any atom is -0.272 e. The Labute approximate surface area is 136 Å². The molecule has 2 bridgehead atoms. The predicted molar refractivity (Wildman–Crippen MR) is 80.1 cm³/mol. The van der Waals surface area contributed by atoms with Crippen LogP contribution in [-0.2, 0) is 9.59 Å². The van der Waals surface area contributed by atoms with Crippen molar-refractivity contribution in [3.8, 4) is 0 Å². The van der Waals surface area contributed by atoms with Crippen LogP contribution in [-0.4, -0.2) is 27.7 Å². The Morgan fingerprint density at radius 3 is 2.38 bits per heavy atom. The van der Waals surface area contributed by atoms with E-state index in [2.05, 4.69) is 5.43 Å². The molecular weight excluding hydrogens is 314 g/mol. The molecule has 4 atom stereocenters. The van der Waals surface area contributed by atoms with Gasteiger partial charge in [0.1, 0.15) is 0 Å². The smallest absolute Gasteiger partial charge is 0.270 e. The molecule has 8 nitrogen and oxygen atoms in total. The Morgan fingerprint density at radius 1 is 1.17 bits per heavy atom. The fourth-order valence-electron chi connectivity index (χ4n) is 3.94. The number of carbonyl (C=O) groups excluding carboxylic acids is 3. The highest BCUT2D eigenvalue weighted by atomic mass is 16.6. The Hall–Kier alpha value is -3.03. The number of hydrogen-bond donors (Lipinski definition) is 1. The van der Waals surface area contributed by atoms with Crippen molar-refractivity contribution in [3.63, 3.8) is 0 Å². The molecule has 3 amide bonds. The standard InChI is InChI=1S/C16H13N3O5/c20-14(10-2-1-3-11(7-10)19(23)24)17-18-15(21)12-8-4-5-9(6-8)13(12)16(18)22/h1-5,7-9,12-13H,6H2,(H,17,20)/t8-,9+,12+,13-. The second-order valence-corrected chi connectivity index (χ2v) is 6.26. The number of amides is 3. The van der Waals surface area contributed by atoms with Crippen LogP contribution >= 0.6 is 0 Å². The average Bonchev–Trinajstić information content (AvgIpc) is 3.24. The van der Waals surface area contributed by atoms with Crippen LogP contribution in [0.4, 0.5) is 5.69 Å². The van der Waals surface area contributed by atoms with Gasteiger partial charge in [-0.2, -0.15) is 5.01 Å². The summed E-state index contributed by atoms with van der Waals surface area (Å²) < 4.78 is 0. The van der Waals surface area contributed by atoms with E-state index in [1.807, 2.05) is 12.2 Å². The summed E-state index contributed by atoms with van der Waals surface area (Å²) in [5.41, 5.74) is 2.08. The van der Waals surface area contributed by atoms with Gasteiger partial charge in [-0.3, -0.25) is 29.9 Å². The molecule has 2 aliphatic carbocycles. The monoisotopic (exact) mass is 327 g/mol. The molecule has 1 heterocycles. The van der Waals surface area contributed by atoms with Gasteiger partial charge in [0.15, 0.2) is 0 Å². The van der Waals surface area contributed by atoms with Crippen LogP contribution in [0.3, 0.4) is 0 Å². The fraction of sp³-hybridized carbons (Fsp3) is 0.312. The lowest BCUT2D eigenvalue weighted by atomic mass is 9.85. The lowest BCUT2D eigenvalue weighted by Gasteiger charge is -2.17. The molecular formula is C16H13N3O5. The second-order valence-electron chi connectivity index (χ2n) is 6.26. The van der Waals surface area contributed by atoms with E-state index in [-0.39, 0.29) is 23.1 Å². The average molecular weight is 327 g/mol. The first-order valence-corrected chi connectivity index (χ1v) is 7.59. The zero-order valence-electron chi connectivity index (χ0n) is 12.4. The van der Waals surface area contributed by atoms with Crippen molar-refractivity contribution in [1.82, 2.24) is 10.4 Å². The molecule has 0 radical (unpaired) electrons. The number of allylic oxidation sites excluding steroid dienone is 2.